The lowest BCUT2D eigenvalue weighted by Gasteiger charge is -2.36. The summed E-state index contributed by atoms with van der Waals surface area (Å²) in [4.78, 5) is 46.8. The number of benzene rings is 1. The van der Waals surface area contributed by atoms with Gasteiger partial charge in [-0.25, -0.2) is 13.4 Å². The van der Waals surface area contributed by atoms with Gasteiger partial charge in [-0.3, -0.25) is 14.4 Å². The SMILES string of the molecule is CS(=O)(=O)CCCOc1cccc2c1ccn2-c1ccnc(NC2CCC(C(=O)N3CCC(OC(=O)CCC(=O)O)CC3)CC2)n1. The van der Waals surface area contributed by atoms with Crippen molar-refractivity contribution in [1.29, 1.82) is 0 Å². The number of hydrogen-bond donors (Lipinski definition) is 2. The number of aromatic nitrogens is 3. The van der Waals surface area contributed by atoms with Crippen molar-refractivity contribution in [1.82, 2.24) is 19.4 Å². The molecule has 1 aromatic carbocycles. The molecule has 46 heavy (non-hydrogen) atoms. The number of esters is 1. The second kappa shape index (κ2) is 14.9. The summed E-state index contributed by atoms with van der Waals surface area (Å²) in [6, 6.07) is 9.67. The lowest BCUT2D eigenvalue weighted by molar-refractivity contribution is -0.155. The van der Waals surface area contributed by atoms with Gasteiger partial charge in [0, 0.05) is 61.9 Å². The Balaban J connectivity index is 1.10. The third-order valence-corrected chi connectivity index (χ3v) is 9.53. The molecule has 0 atom stereocenters. The summed E-state index contributed by atoms with van der Waals surface area (Å²) < 4.78 is 36.1. The molecule has 1 saturated heterocycles. The van der Waals surface area contributed by atoms with Crippen LogP contribution in [0.2, 0.25) is 0 Å². The van der Waals surface area contributed by atoms with Gasteiger partial charge in [0.2, 0.25) is 11.9 Å². The van der Waals surface area contributed by atoms with Crippen molar-refractivity contribution in [2.45, 2.75) is 69.9 Å². The van der Waals surface area contributed by atoms with Crippen LogP contribution in [0.1, 0.15) is 57.8 Å². The van der Waals surface area contributed by atoms with Crippen LogP contribution in [0.15, 0.2) is 42.7 Å². The maximum Gasteiger partial charge on any atom is 0.306 e. The van der Waals surface area contributed by atoms with E-state index in [9.17, 15) is 22.8 Å². The summed E-state index contributed by atoms with van der Waals surface area (Å²) >= 11 is 0. The van der Waals surface area contributed by atoms with Crippen molar-refractivity contribution in [3.63, 3.8) is 0 Å². The molecule has 1 amide bonds. The van der Waals surface area contributed by atoms with Crippen LogP contribution in [0.3, 0.4) is 0 Å². The van der Waals surface area contributed by atoms with Crippen LogP contribution >= 0.6 is 0 Å². The van der Waals surface area contributed by atoms with Crippen LogP contribution in [0.5, 0.6) is 5.75 Å². The van der Waals surface area contributed by atoms with E-state index in [1.165, 1.54) is 6.26 Å². The highest BCUT2D eigenvalue weighted by Gasteiger charge is 2.32. The molecule has 0 bridgehead atoms. The summed E-state index contributed by atoms with van der Waals surface area (Å²) in [6.07, 6.45) is 8.88. The summed E-state index contributed by atoms with van der Waals surface area (Å²) in [5.41, 5.74) is 0.907. The quantitative estimate of drug-likeness (QED) is 0.204. The number of carbonyl (C=O) groups is 3. The van der Waals surface area contributed by atoms with Crippen molar-refractivity contribution in [2.24, 2.45) is 5.92 Å². The summed E-state index contributed by atoms with van der Waals surface area (Å²) in [5, 5.41) is 13.1. The van der Waals surface area contributed by atoms with Gasteiger partial charge in [0.15, 0.2) is 0 Å². The average molecular weight is 656 g/mol. The molecule has 0 spiro atoms. The zero-order valence-corrected chi connectivity index (χ0v) is 26.8. The number of carboxylic acid groups (broad SMARTS) is 1. The number of carboxylic acids is 1. The molecule has 13 nitrogen and oxygen atoms in total. The third kappa shape index (κ3) is 8.95. The lowest BCUT2D eigenvalue weighted by Crippen LogP contribution is -2.45. The first-order valence-electron chi connectivity index (χ1n) is 15.8. The molecule has 2 aliphatic rings. The van der Waals surface area contributed by atoms with E-state index < -0.39 is 21.8 Å². The van der Waals surface area contributed by atoms with Crippen LogP contribution in [-0.4, -0.2) is 94.7 Å². The average Bonchev–Trinajstić information content (AvgIpc) is 3.47. The fourth-order valence-electron chi connectivity index (χ4n) is 6.09. The van der Waals surface area contributed by atoms with Gasteiger partial charge in [-0.15, -0.1) is 0 Å². The molecule has 5 rings (SSSR count). The fourth-order valence-corrected chi connectivity index (χ4v) is 6.74. The Kier molecular flexibility index (Phi) is 10.8. The number of anilines is 1. The number of aliphatic carboxylic acids is 1. The number of sulfone groups is 1. The molecule has 0 radical (unpaired) electrons. The van der Waals surface area contributed by atoms with Crippen LogP contribution in [0, 0.1) is 5.92 Å². The first-order chi connectivity index (χ1) is 22.1. The number of fused-ring (bicyclic) bond motifs is 1. The predicted octanol–water partition coefficient (Wildman–Crippen LogP) is 3.60. The van der Waals surface area contributed by atoms with Gasteiger partial charge in [-0.2, -0.15) is 4.98 Å². The molecular weight excluding hydrogens is 614 g/mol. The molecule has 1 saturated carbocycles. The highest BCUT2D eigenvalue weighted by atomic mass is 32.2. The molecule has 2 fully saturated rings. The van der Waals surface area contributed by atoms with Crippen LogP contribution in [0.25, 0.3) is 16.7 Å². The molecule has 3 aromatic rings. The molecule has 1 aliphatic carbocycles. The highest BCUT2D eigenvalue weighted by Crippen LogP contribution is 2.31. The number of likely N-dealkylation sites (tertiary alicyclic amines) is 1. The van der Waals surface area contributed by atoms with Crippen molar-refractivity contribution in [3.8, 4) is 11.6 Å². The van der Waals surface area contributed by atoms with Crippen LogP contribution in [-0.2, 0) is 29.0 Å². The summed E-state index contributed by atoms with van der Waals surface area (Å²) in [6.45, 7) is 1.36. The number of nitrogens with one attached hydrogen (secondary N) is 1. The van der Waals surface area contributed by atoms with Gasteiger partial charge >= 0.3 is 11.9 Å². The van der Waals surface area contributed by atoms with Crippen molar-refractivity contribution in [3.05, 3.63) is 42.7 Å². The van der Waals surface area contributed by atoms with E-state index in [0.717, 1.165) is 36.6 Å². The summed E-state index contributed by atoms with van der Waals surface area (Å²) in [5.74, 6) is 0.538. The Morgan fingerprint density at radius 1 is 1.02 bits per heavy atom. The number of ether oxygens (including phenoxy) is 2. The Hall–Kier alpha value is -4.20. The normalized spacial score (nSPS) is 19.1. The van der Waals surface area contributed by atoms with Gasteiger partial charge in [0.1, 0.15) is 27.5 Å². The van der Waals surface area contributed by atoms with Gasteiger partial charge in [-0.05, 0) is 56.4 Å². The molecule has 0 unspecified atom stereocenters. The standard InChI is InChI=1S/C32H41N5O8S/c1-46(42,43)21-3-20-44-27-5-2-4-26-25(27)15-19-37(26)28-12-16-33-32(35-28)34-23-8-6-22(7-9-23)31(41)36-17-13-24(14-18-36)45-30(40)11-10-29(38)39/h2,4-5,12,15-16,19,22-24H,3,6-11,13-14,17-18,20-21H2,1H3,(H,38,39)(H,33,34,35). The van der Waals surface area contributed by atoms with Crippen LogP contribution in [0.4, 0.5) is 5.95 Å². The van der Waals surface area contributed by atoms with Gasteiger partial charge in [-0.1, -0.05) is 6.07 Å². The molecule has 3 heterocycles. The topological polar surface area (TPSA) is 170 Å². The smallest absolute Gasteiger partial charge is 0.306 e. The molecule has 248 valence electrons. The number of amides is 1. The van der Waals surface area contributed by atoms with Gasteiger partial charge in [0.25, 0.3) is 0 Å². The van der Waals surface area contributed by atoms with Crippen molar-refractivity contribution in [2.75, 3.05) is 37.0 Å². The zero-order chi connectivity index (χ0) is 32.7. The van der Waals surface area contributed by atoms with E-state index >= 15 is 0 Å². The van der Waals surface area contributed by atoms with Gasteiger partial charge < -0.3 is 29.4 Å². The summed E-state index contributed by atoms with van der Waals surface area (Å²) in [7, 11) is -3.03. The fraction of sp³-hybridized carbons (Fsp3) is 0.531. The molecular formula is C32H41N5O8S. The number of carbonyl (C=O) groups excluding carboxylic acids is 2. The van der Waals surface area contributed by atoms with E-state index in [0.29, 0.717) is 56.5 Å². The van der Waals surface area contributed by atoms with E-state index in [1.807, 2.05) is 46.0 Å². The maximum atomic E-state index is 13.2. The molecule has 14 heteroatoms. The number of piperidine rings is 1. The molecule has 2 N–H and O–H groups in total. The predicted molar refractivity (Wildman–Crippen MR) is 171 cm³/mol. The first-order valence-corrected chi connectivity index (χ1v) is 17.8. The largest absolute Gasteiger partial charge is 0.493 e. The number of rotatable bonds is 13. The van der Waals surface area contributed by atoms with Crippen LogP contribution < -0.4 is 10.1 Å². The number of hydrogen-bond acceptors (Lipinski definition) is 10. The third-order valence-electron chi connectivity index (χ3n) is 8.50. The second-order valence-electron chi connectivity index (χ2n) is 12.0. The van der Waals surface area contributed by atoms with Crippen molar-refractivity contribution >= 4 is 44.5 Å². The molecule has 2 aromatic heterocycles. The van der Waals surface area contributed by atoms with E-state index in [4.69, 9.17) is 19.6 Å². The Bertz CT molecular complexity index is 1640. The highest BCUT2D eigenvalue weighted by molar-refractivity contribution is 7.90. The minimum absolute atomic E-state index is 0.0472. The van der Waals surface area contributed by atoms with Gasteiger partial charge in [0.05, 0.1) is 30.7 Å². The van der Waals surface area contributed by atoms with E-state index in [-0.39, 0.29) is 42.6 Å². The Labute approximate surface area is 268 Å². The number of nitrogens with zero attached hydrogens (tertiary/aromatic N) is 4. The van der Waals surface area contributed by atoms with Crippen molar-refractivity contribution < 1.29 is 37.4 Å². The monoisotopic (exact) mass is 655 g/mol. The maximum absolute atomic E-state index is 13.2. The minimum Gasteiger partial charge on any atom is -0.493 e. The minimum atomic E-state index is -3.03. The Morgan fingerprint density at radius 3 is 2.50 bits per heavy atom. The molecule has 1 aliphatic heterocycles. The lowest BCUT2D eigenvalue weighted by atomic mass is 9.85. The first kappa shape index (κ1) is 33.2. The van der Waals surface area contributed by atoms with E-state index in [2.05, 4.69) is 10.3 Å². The Morgan fingerprint density at radius 2 is 1.78 bits per heavy atom. The van der Waals surface area contributed by atoms with E-state index in [1.54, 1.807) is 6.20 Å². The zero-order valence-electron chi connectivity index (χ0n) is 26.0. The second-order valence-corrected chi connectivity index (χ2v) is 14.3.